The zero-order chi connectivity index (χ0) is 11.5. The first-order valence-corrected chi connectivity index (χ1v) is 5.54. The van der Waals surface area contributed by atoms with Crippen LogP contribution in [0.2, 0.25) is 0 Å². The summed E-state index contributed by atoms with van der Waals surface area (Å²) in [4.78, 5) is 2.19. The molecule has 0 radical (unpaired) electrons. The predicted molar refractivity (Wildman–Crippen MR) is 62.7 cm³/mol. The van der Waals surface area contributed by atoms with Gasteiger partial charge >= 0.3 is 0 Å². The van der Waals surface area contributed by atoms with Gasteiger partial charge in [0, 0.05) is 12.6 Å². The summed E-state index contributed by atoms with van der Waals surface area (Å²) in [7, 11) is 2.06. The third-order valence-electron chi connectivity index (χ3n) is 2.87. The van der Waals surface area contributed by atoms with Crippen LogP contribution in [0.3, 0.4) is 0 Å². The molecule has 0 fully saturated rings. The van der Waals surface area contributed by atoms with Crippen LogP contribution < -0.4 is 15.2 Å². The zero-order valence-corrected chi connectivity index (χ0v) is 9.77. The van der Waals surface area contributed by atoms with Crippen LogP contribution in [-0.2, 0) is 0 Å². The van der Waals surface area contributed by atoms with Crippen LogP contribution in [0.5, 0.6) is 11.5 Å². The van der Waals surface area contributed by atoms with Gasteiger partial charge in [-0.25, -0.2) is 0 Å². The molecule has 1 aliphatic heterocycles. The van der Waals surface area contributed by atoms with Crippen molar-refractivity contribution in [1.29, 1.82) is 0 Å². The van der Waals surface area contributed by atoms with E-state index in [2.05, 4.69) is 18.9 Å². The van der Waals surface area contributed by atoms with Gasteiger partial charge in [0.05, 0.1) is 0 Å². The van der Waals surface area contributed by atoms with E-state index < -0.39 is 0 Å². The second-order valence-electron chi connectivity index (χ2n) is 4.07. The number of likely N-dealkylation sites (N-methyl/N-ethyl adjacent to an activating group) is 1. The first kappa shape index (κ1) is 11.2. The maximum absolute atomic E-state index is 6.13. The number of hydrogen-bond donors (Lipinski definition) is 1. The number of nitrogens with two attached hydrogens (primary N) is 1. The van der Waals surface area contributed by atoms with Gasteiger partial charge < -0.3 is 20.1 Å². The molecule has 1 atom stereocenters. The summed E-state index contributed by atoms with van der Waals surface area (Å²) in [5.41, 5.74) is 7.22. The van der Waals surface area contributed by atoms with Crippen LogP contribution in [0.25, 0.3) is 0 Å². The van der Waals surface area contributed by atoms with Crippen molar-refractivity contribution >= 4 is 0 Å². The van der Waals surface area contributed by atoms with E-state index in [0.717, 1.165) is 30.2 Å². The Morgan fingerprint density at radius 2 is 2.12 bits per heavy atom. The minimum absolute atomic E-state index is 0.0134. The maximum atomic E-state index is 6.13. The molecule has 0 spiro atoms. The van der Waals surface area contributed by atoms with Crippen LogP contribution in [0.1, 0.15) is 18.5 Å². The molecule has 0 aliphatic carbocycles. The smallest absolute Gasteiger partial charge is 0.231 e. The van der Waals surface area contributed by atoms with E-state index in [1.807, 2.05) is 18.2 Å². The Morgan fingerprint density at radius 3 is 2.88 bits per heavy atom. The van der Waals surface area contributed by atoms with Gasteiger partial charge in [0.1, 0.15) is 0 Å². The lowest BCUT2D eigenvalue weighted by atomic mass is 10.1. The molecule has 2 N–H and O–H groups in total. The third kappa shape index (κ3) is 2.28. The Balaban J connectivity index is 2.09. The lowest BCUT2D eigenvalue weighted by Gasteiger charge is -2.19. The number of rotatable bonds is 4. The fourth-order valence-corrected chi connectivity index (χ4v) is 1.71. The van der Waals surface area contributed by atoms with Gasteiger partial charge in [-0.05, 0) is 31.3 Å². The zero-order valence-electron chi connectivity index (χ0n) is 9.77. The van der Waals surface area contributed by atoms with Crippen LogP contribution in [0.15, 0.2) is 18.2 Å². The van der Waals surface area contributed by atoms with Crippen LogP contribution in [-0.4, -0.2) is 31.8 Å². The van der Waals surface area contributed by atoms with E-state index in [-0.39, 0.29) is 6.04 Å². The maximum Gasteiger partial charge on any atom is 0.231 e. The molecule has 2 rings (SSSR count). The molecule has 4 heteroatoms. The second kappa shape index (κ2) is 4.72. The van der Waals surface area contributed by atoms with Crippen molar-refractivity contribution in [2.75, 3.05) is 26.9 Å². The van der Waals surface area contributed by atoms with E-state index in [1.54, 1.807) is 0 Å². The normalized spacial score (nSPS) is 15.5. The number of nitrogens with zero attached hydrogens (tertiary/aromatic N) is 1. The molecule has 1 aliphatic rings. The standard InChI is InChI=1S/C12H18N2O2/c1-3-14(2)7-10(13)9-4-5-11-12(6-9)16-8-15-11/h4-6,10H,3,7-8,13H2,1-2H3. The van der Waals surface area contributed by atoms with Gasteiger partial charge in [0.2, 0.25) is 6.79 Å². The number of benzene rings is 1. The molecular formula is C12H18N2O2. The topological polar surface area (TPSA) is 47.7 Å². The van der Waals surface area contributed by atoms with E-state index in [1.165, 1.54) is 0 Å². The van der Waals surface area contributed by atoms with Crippen LogP contribution >= 0.6 is 0 Å². The molecule has 0 saturated carbocycles. The number of fused-ring (bicyclic) bond motifs is 1. The van der Waals surface area contributed by atoms with Crippen molar-refractivity contribution < 1.29 is 9.47 Å². The first-order valence-electron chi connectivity index (χ1n) is 5.54. The lowest BCUT2D eigenvalue weighted by Crippen LogP contribution is -2.28. The average molecular weight is 222 g/mol. The van der Waals surface area contributed by atoms with Crippen molar-refractivity contribution in [2.45, 2.75) is 13.0 Å². The van der Waals surface area contributed by atoms with E-state index in [0.29, 0.717) is 6.79 Å². The summed E-state index contributed by atoms with van der Waals surface area (Å²) in [6, 6.07) is 5.90. The quantitative estimate of drug-likeness (QED) is 0.835. The summed E-state index contributed by atoms with van der Waals surface area (Å²) in [5.74, 6) is 1.60. The summed E-state index contributed by atoms with van der Waals surface area (Å²) in [6.07, 6.45) is 0. The van der Waals surface area contributed by atoms with Crippen molar-refractivity contribution in [3.05, 3.63) is 23.8 Å². The minimum atomic E-state index is 0.0134. The van der Waals surface area contributed by atoms with Crippen LogP contribution in [0, 0.1) is 0 Å². The van der Waals surface area contributed by atoms with Crippen LogP contribution in [0.4, 0.5) is 0 Å². The average Bonchev–Trinajstić information content (AvgIpc) is 2.75. The van der Waals surface area contributed by atoms with Crippen molar-refractivity contribution in [3.63, 3.8) is 0 Å². The molecular weight excluding hydrogens is 204 g/mol. The van der Waals surface area contributed by atoms with Crippen molar-refractivity contribution in [1.82, 2.24) is 4.90 Å². The van der Waals surface area contributed by atoms with Gasteiger partial charge in [-0.15, -0.1) is 0 Å². The van der Waals surface area contributed by atoms with Gasteiger partial charge in [0.15, 0.2) is 11.5 Å². The molecule has 88 valence electrons. The Labute approximate surface area is 95.9 Å². The fourth-order valence-electron chi connectivity index (χ4n) is 1.71. The Morgan fingerprint density at radius 1 is 1.38 bits per heavy atom. The van der Waals surface area contributed by atoms with Gasteiger partial charge in [-0.3, -0.25) is 0 Å². The highest BCUT2D eigenvalue weighted by Gasteiger charge is 2.16. The molecule has 0 amide bonds. The number of ether oxygens (including phenoxy) is 2. The van der Waals surface area contributed by atoms with E-state index in [9.17, 15) is 0 Å². The molecule has 0 saturated heterocycles. The number of hydrogen-bond acceptors (Lipinski definition) is 4. The van der Waals surface area contributed by atoms with Crippen molar-refractivity contribution in [3.8, 4) is 11.5 Å². The van der Waals surface area contributed by atoms with Crippen molar-refractivity contribution in [2.24, 2.45) is 5.73 Å². The Bertz CT molecular complexity index is 368. The highest BCUT2D eigenvalue weighted by Crippen LogP contribution is 2.33. The minimum Gasteiger partial charge on any atom is -0.454 e. The first-order chi connectivity index (χ1) is 7.70. The molecule has 4 nitrogen and oxygen atoms in total. The highest BCUT2D eigenvalue weighted by molar-refractivity contribution is 5.45. The second-order valence-corrected chi connectivity index (χ2v) is 4.07. The van der Waals surface area contributed by atoms with E-state index >= 15 is 0 Å². The third-order valence-corrected chi connectivity index (χ3v) is 2.87. The molecule has 1 aromatic carbocycles. The molecule has 0 bridgehead atoms. The Kier molecular flexibility index (Phi) is 3.31. The monoisotopic (exact) mass is 222 g/mol. The Hall–Kier alpha value is -1.26. The largest absolute Gasteiger partial charge is 0.454 e. The van der Waals surface area contributed by atoms with Gasteiger partial charge in [-0.2, -0.15) is 0 Å². The lowest BCUT2D eigenvalue weighted by molar-refractivity contribution is 0.174. The van der Waals surface area contributed by atoms with Gasteiger partial charge in [0.25, 0.3) is 0 Å². The molecule has 0 aromatic heterocycles. The predicted octanol–water partition coefficient (Wildman–Crippen LogP) is 1.37. The summed E-state index contributed by atoms with van der Waals surface area (Å²) in [6.45, 7) is 4.27. The fraction of sp³-hybridized carbons (Fsp3) is 0.500. The summed E-state index contributed by atoms with van der Waals surface area (Å²) < 4.78 is 10.6. The SMILES string of the molecule is CCN(C)CC(N)c1ccc2c(c1)OCO2. The van der Waals surface area contributed by atoms with Gasteiger partial charge in [-0.1, -0.05) is 13.0 Å². The van der Waals surface area contributed by atoms with E-state index in [4.69, 9.17) is 15.2 Å². The molecule has 1 unspecified atom stereocenters. The highest BCUT2D eigenvalue weighted by atomic mass is 16.7. The molecule has 1 heterocycles. The molecule has 1 aromatic rings. The summed E-state index contributed by atoms with van der Waals surface area (Å²) >= 11 is 0. The molecule has 16 heavy (non-hydrogen) atoms. The summed E-state index contributed by atoms with van der Waals surface area (Å²) in [5, 5.41) is 0.